The number of carboxylic acids is 1. The van der Waals surface area contributed by atoms with Gasteiger partial charge in [0.15, 0.2) is 0 Å². The highest BCUT2D eigenvalue weighted by Crippen LogP contribution is 2.25. The monoisotopic (exact) mass is 366 g/mol. The number of ether oxygens (including phenoxy) is 2. The summed E-state index contributed by atoms with van der Waals surface area (Å²) in [6.45, 7) is 0.215. The van der Waals surface area contributed by atoms with Crippen molar-refractivity contribution >= 4 is 16.9 Å². The molecule has 3 rings (SSSR count). The van der Waals surface area contributed by atoms with Crippen LogP contribution < -0.4 is 9.47 Å². The van der Waals surface area contributed by atoms with E-state index in [0.29, 0.717) is 23.4 Å². The molecule has 2 aromatic heterocycles. The van der Waals surface area contributed by atoms with E-state index in [1.165, 1.54) is 18.2 Å². The number of halogens is 3. The lowest BCUT2D eigenvalue weighted by Crippen LogP contribution is -2.17. The first-order valence-corrected chi connectivity index (χ1v) is 7.50. The molecule has 26 heavy (non-hydrogen) atoms. The molecule has 0 aliphatic heterocycles. The van der Waals surface area contributed by atoms with Crippen LogP contribution in [0, 0.1) is 0 Å². The van der Waals surface area contributed by atoms with E-state index in [4.69, 9.17) is 9.84 Å². The van der Waals surface area contributed by atoms with Gasteiger partial charge in [-0.1, -0.05) is 0 Å². The first-order chi connectivity index (χ1) is 12.3. The van der Waals surface area contributed by atoms with E-state index >= 15 is 0 Å². The first kappa shape index (κ1) is 17.6. The zero-order chi connectivity index (χ0) is 18.7. The van der Waals surface area contributed by atoms with E-state index in [-0.39, 0.29) is 18.1 Å². The summed E-state index contributed by atoms with van der Waals surface area (Å²) in [4.78, 5) is 18.1. The number of fused-ring (bicyclic) bond motifs is 1. The van der Waals surface area contributed by atoms with Crippen molar-refractivity contribution in [2.45, 2.75) is 12.8 Å². The molecule has 2 N–H and O–H groups in total. The van der Waals surface area contributed by atoms with Crippen molar-refractivity contribution in [1.82, 2.24) is 9.97 Å². The van der Waals surface area contributed by atoms with Crippen molar-refractivity contribution in [2.24, 2.45) is 0 Å². The van der Waals surface area contributed by atoms with Gasteiger partial charge >= 0.3 is 12.3 Å². The standard InChI is InChI=1S/C17H13F3N2O4/c18-17(19,20)26-12-3-1-11(2-4-12)25-8-6-13-15-10(5-7-21-13)9-14(22-15)16(23)24/h1-5,7,9,22H,6,8H2,(H,23,24). The molecule has 2 heterocycles. The lowest BCUT2D eigenvalue weighted by atomic mass is 10.2. The highest BCUT2D eigenvalue weighted by Gasteiger charge is 2.30. The number of hydrogen-bond acceptors (Lipinski definition) is 4. The van der Waals surface area contributed by atoms with E-state index in [1.54, 1.807) is 12.3 Å². The van der Waals surface area contributed by atoms with Gasteiger partial charge < -0.3 is 19.6 Å². The van der Waals surface area contributed by atoms with Gasteiger partial charge in [-0.3, -0.25) is 4.98 Å². The second kappa shape index (κ2) is 6.95. The van der Waals surface area contributed by atoms with Crippen molar-refractivity contribution < 1.29 is 32.5 Å². The highest BCUT2D eigenvalue weighted by molar-refractivity contribution is 5.94. The van der Waals surface area contributed by atoms with E-state index in [9.17, 15) is 18.0 Å². The highest BCUT2D eigenvalue weighted by atomic mass is 19.4. The van der Waals surface area contributed by atoms with Gasteiger partial charge in [0.1, 0.15) is 17.2 Å². The van der Waals surface area contributed by atoms with Crippen molar-refractivity contribution in [1.29, 1.82) is 0 Å². The maximum absolute atomic E-state index is 12.1. The average molecular weight is 366 g/mol. The Morgan fingerprint density at radius 3 is 2.50 bits per heavy atom. The second-order valence-corrected chi connectivity index (χ2v) is 5.33. The van der Waals surface area contributed by atoms with Crippen molar-refractivity contribution in [2.75, 3.05) is 6.61 Å². The number of nitrogens with one attached hydrogen (secondary N) is 1. The quantitative estimate of drug-likeness (QED) is 0.694. The zero-order valence-electron chi connectivity index (χ0n) is 13.2. The third kappa shape index (κ3) is 4.24. The van der Waals surface area contributed by atoms with Gasteiger partial charge in [0.25, 0.3) is 0 Å². The number of nitrogens with zero attached hydrogens (tertiary/aromatic N) is 1. The van der Waals surface area contributed by atoms with Crippen LogP contribution in [0.1, 0.15) is 16.2 Å². The molecule has 6 nitrogen and oxygen atoms in total. The third-order valence-corrected chi connectivity index (χ3v) is 3.52. The Balaban J connectivity index is 1.63. The van der Waals surface area contributed by atoms with Crippen LogP contribution in [-0.2, 0) is 6.42 Å². The van der Waals surface area contributed by atoms with Crippen molar-refractivity contribution in [3.63, 3.8) is 0 Å². The fourth-order valence-electron chi connectivity index (χ4n) is 2.42. The Kier molecular flexibility index (Phi) is 4.70. The molecule has 0 bridgehead atoms. The Hall–Kier alpha value is -3.23. The number of hydrogen-bond donors (Lipinski definition) is 2. The number of alkyl halides is 3. The molecule has 0 amide bonds. The second-order valence-electron chi connectivity index (χ2n) is 5.33. The molecular formula is C17H13F3N2O4. The third-order valence-electron chi connectivity index (χ3n) is 3.52. The first-order valence-electron chi connectivity index (χ1n) is 7.50. The molecule has 9 heteroatoms. The number of benzene rings is 1. The molecule has 1 aromatic carbocycles. The number of aromatic nitrogens is 2. The summed E-state index contributed by atoms with van der Waals surface area (Å²) in [7, 11) is 0. The molecule has 3 aromatic rings. The molecule has 0 aliphatic carbocycles. The molecule has 0 fully saturated rings. The molecular weight excluding hydrogens is 353 g/mol. The number of pyridine rings is 1. The van der Waals surface area contributed by atoms with Gasteiger partial charge in [-0.2, -0.15) is 0 Å². The summed E-state index contributed by atoms with van der Waals surface area (Å²) in [5.41, 5.74) is 1.31. The van der Waals surface area contributed by atoms with E-state index in [1.807, 2.05) is 0 Å². The van der Waals surface area contributed by atoms with Gasteiger partial charge in [0.05, 0.1) is 17.8 Å². The lowest BCUT2D eigenvalue weighted by Gasteiger charge is -2.10. The molecule has 0 aliphatic rings. The van der Waals surface area contributed by atoms with Crippen LogP contribution in [-0.4, -0.2) is 34.0 Å². The molecule has 136 valence electrons. The van der Waals surface area contributed by atoms with E-state index in [2.05, 4.69) is 14.7 Å². The number of aromatic carboxylic acids is 1. The molecule has 0 unspecified atom stereocenters. The number of rotatable bonds is 6. The summed E-state index contributed by atoms with van der Waals surface area (Å²) in [6.07, 6.45) is -2.78. The maximum atomic E-state index is 12.1. The molecule has 0 saturated carbocycles. The molecule has 0 spiro atoms. The van der Waals surface area contributed by atoms with Crippen LogP contribution in [0.15, 0.2) is 42.6 Å². The minimum Gasteiger partial charge on any atom is -0.493 e. The van der Waals surface area contributed by atoms with Crippen LogP contribution in [0.25, 0.3) is 10.9 Å². The topological polar surface area (TPSA) is 84.4 Å². The van der Waals surface area contributed by atoms with Gasteiger partial charge in [-0.15, -0.1) is 13.2 Å². The predicted octanol–water partition coefficient (Wildman–Crippen LogP) is 3.78. The molecule has 0 atom stereocenters. The van der Waals surface area contributed by atoms with Crippen LogP contribution in [0.3, 0.4) is 0 Å². The lowest BCUT2D eigenvalue weighted by molar-refractivity contribution is -0.274. The van der Waals surface area contributed by atoms with E-state index < -0.39 is 12.3 Å². The number of H-pyrrole nitrogens is 1. The fourth-order valence-corrected chi connectivity index (χ4v) is 2.42. The van der Waals surface area contributed by atoms with Crippen LogP contribution in [0.4, 0.5) is 13.2 Å². The number of carboxylic acid groups (broad SMARTS) is 1. The molecule has 0 saturated heterocycles. The Labute approximate surface area is 145 Å². The Morgan fingerprint density at radius 1 is 1.15 bits per heavy atom. The Bertz CT molecular complexity index is 920. The van der Waals surface area contributed by atoms with Crippen LogP contribution >= 0.6 is 0 Å². The number of carbonyl (C=O) groups is 1. The maximum Gasteiger partial charge on any atom is 0.573 e. The van der Waals surface area contributed by atoms with Crippen LogP contribution in [0.5, 0.6) is 11.5 Å². The van der Waals surface area contributed by atoms with Gasteiger partial charge in [0, 0.05) is 18.0 Å². The van der Waals surface area contributed by atoms with Gasteiger partial charge in [0.2, 0.25) is 0 Å². The minimum atomic E-state index is -4.74. The summed E-state index contributed by atoms with van der Waals surface area (Å²) in [6, 6.07) is 8.27. The summed E-state index contributed by atoms with van der Waals surface area (Å²) < 4.78 is 45.6. The molecule has 0 radical (unpaired) electrons. The minimum absolute atomic E-state index is 0.0652. The normalized spacial score (nSPS) is 11.5. The summed E-state index contributed by atoms with van der Waals surface area (Å²) in [5.74, 6) is -1.02. The van der Waals surface area contributed by atoms with Gasteiger partial charge in [-0.05, 0) is 36.4 Å². The van der Waals surface area contributed by atoms with Crippen LogP contribution in [0.2, 0.25) is 0 Å². The van der Waals surface area contributed by atoms with E-state index in [0.717, 1.165) is 17.5 Å². The zero-order valence-corrected chi connectivity index (χ0v) is 13.2. The van der Waals surface area contributed by atoms with Crippen molar-refractivity contribution in [3.05, 3.63) is 54.0 Å². The summed E-state index contributed by atoms with van der Waals surface area (Å²) >= 11 is 0. The Morgan fingerprint density at radius 2 is 1.85 bits per heavy atom. The van der Waals surface area contributed by atoms with Crippen molar-refractivity contribution in [3.8, 4) is 11.5 Å². The average Bonchev–Trinajstić information content (AvgIpc) is 3.00. The summed E-state index contributed by atoms with van der Waals surface area (Å²) in [5, 5.41) is 9.76. The largest absolute Gasteiger partial charge is 0.573 e. The fraction of sp³-hybridized carbons (Fsp3) is 0.176. The van der Waals surface area contributed by atoms with Gasteiger partial charge in [-0.25, -0.2) is 4.79 Å². The predicted molar refractivity (Wildman–Crippen MR) is 85.4 cm³/mol. The smallest absolute Gasteiger partial charge is 0.493 e. The SMILES string of the molecule is O=C(O)c1cc2ccnc(CCOc3ccc(OC(F)(F)F)cc3)c2[nH]1. The number of aromatic amines is 1.